The zero-order chi connectivity index (χ0) is 15.4. The molecule has 2 aromatic heterocycles. The van der Waals surface area contributed by atoms with Gasteiger partial charge in [-0.05, 0) is 48.6 Å². The minimum atomic E-state index is 0.00753. The lowest BCUT2D eigenvalue weighted by Gasteiger charge is -2.06. The van der Waals surface area contributed by atoms with Crippen molar-refractivity contribution in [2.75, 3.05) is 6.54 Å². The summed E-state index contributed by atoms with van der Waals surface area (Å²) in [5.41, 5.74) is 1.77. The van der Waals surface area contributed by atoms with Crippen LogP contribution in [0.1, 0.15) is 20.8 Å². The Balaban J connectivity index is 1.55. The number of thiophene rings is 2. The van der Waals surface area contributed by atoms with Crippen LogP contribution in [-0.4, -0.2) is 12.5 Å². The highest BCUT2D eigenvalue weighted by Crippen LogP contribution is 2.31. The highest BCUT2D eigenvalue weighted by molar-refractivity contribution is 7.21. The molecule has 2 nitrogen and oxygen atoms in total. The summed E-state index contributed by atoms with van der Waals surface area (Å²) >= 11 is 3.56. The van der Waals surface area contributed by atoms with Gasteiger partial charge in [0, 0.05) is 26.7 Å². The van der Waals surface area contributed by atoms with Crippen molar-refractivity contribution in [3.05, 3.63) is 69.9 Å². The molecule has 22 heavy (non-hydrogen) atoms. The Kier molecular flexibility index (Phi) is 4.71. The van der Waals surface area contributed by atoms with E-state index in [9.17, 15) is 4.79 Å². The van der Waals surface area contributed by atoms with E-state index in [2.05, 4.69) is 35.0 Å². The molecule has 2 heterocycles. The van der Waals surface area contributed by atoms with Crippen LogP contribution in [0.4, 0.5) is 0 Å². The molecule has 1 aromatic carbocycles. The van der Waals surface area contributed by atoms with Crippen LogP contribution < -0.4 is 5.32 Å². The fourth-order valence-corrected chi connectivity index (χ4v) is 4.13. The van der Waals surface area contributed by atoms with E-state index in [1.807, 2.05) is 31.2 Å². The van der Waals surface area contributed by atoms with Gasteiger partial charge in [0.1, 0.15) is 0 Å². The Hall–Kier alpha value is -1.91. The second-order valence-corrected chi connectivity index (χ2v) is 7.18. The van der Waals surface area contributed by atoms with E-state index in [1.165, 1.54) is 14.6 Å². The fraction of sp³-hybridized carbons (Fsp3) is 0.167. The molecular formula is C18H17NOS2. The number of carbonyl (C=O) groups is 1. The molecule has 4 heteroatoms. The average molecular weight is 327 g/mol. The molecule has 3 rings (SSSR count). The smallest absolute Gasteiger partial charge is 0.251 e. The van der Waals surface area contributed by atoms with Gasteiger partial charge < -0.3 is 5.32 Å². The number of benzene rings is 1. The van der Waals surface area contributed by atoms with Crippen LogP contribution in [0.2, 0.25) is 0 Å². The molecule has 3 aromatic rings. The summed E-state index contributed by atoms with van der Waals surface area (Å²) < 4.78 is 0. The van der Waals surface area contributed by atoms with Crippen molar-refractivity contribution >= 4 is 28.6 Å². The molecule has 0 aliphatic heterocycles. The summed E-state index contributed by atoms with van der Waals surface area (Å²) in [5.74, 6) is 0.00753. The van der Waals surface area contributed by atoms with Gasteiger partial charge in [0.2, 0.25) is 0 Å². The fourth-order valence-electron chi connectivity index (χ4n) is 2.29. The summed E-state index contributed by atoms with van der Waals surface area (Å²) in [6.07, 6.45) is 0.869. The first-order chi connectivity index (χ1) is 10.7. The van der Waals surface area contributed by atoms with Crippen LogP contribution >= 0.6 is 22.7 Å². The number of nitrogens with one attached hydrogen (secondary N) is 1. The molecule has 0 aliphatic rings. The number of amides is 1. The number of carbonyl (C=O) groups excluding carboxylic acids is 1. The number of rotatable bonds is 5. The molecule has 0 unspecified atom stereocenters. The molecule has 1 N–H and O–H groups in total. The van der Waals surface area contributed by atoms with Gasteiger partial charge >= 0.3 is 0 Å². The third kappa shape index (κ3) is 3.46. The van der Waals surface area contributed by atoms with Crippen LogP contribution in [-0.2, 0) is 6.42 Å². The highest BCUT2D eigenvalue weighted by atomic mass is 32.1. The van der Waals surface area contributed by atoms with Gasteiger partial charge in [0.15, 0.2) is 0 Å². The minimum absolute atomic E-state index is 0.00753. The summed E-state index contributed by atoms with van der Waals surface area (Å²) in [7, 11) is 0. The maximum absolute atomic E-state index is 12.1. The van der Waals surface area contributed by atoms with Crippen LogP contribution in [0.5, 0.6) is 0 Å². The normalized spacial score (nSPS) is 10.6. The maximum atomic E-state index is 12.1. The molecule has 0 saturated carbocycles. The van der Waals surface area contributed by atoms with Gasteiger partial charge in [0.05, 0.1) is 0 Å². The highest BCUT2D eigenvalue weighted by Gasteiger charge is 2.08. The predicted molar refractivity (Wildman–Crippen MR) is 94.8 cm³/mol. The molecule has 0 fully saturated rings. The lowest BCUT2D eigenvalue weighted by atomic mass is 10.1. The van der Waals surface area contributed by atoms with Crippen LogP contribution in [0.3, 0.4) is 0 Å². The van der Waals surface area contributed by atoms with Crippen molar-refractivity contribution in [2.24, 2.45) is 0 Å². The van der Waals surface area contributed by atoms with E-state index in [0.717, 1.165) is 17.5 Å². The van der Waals surface area contributed by atoms with Crippen molar-refractivity contribution in [1.29, 1.82) is 0 Å². The minimum Gasteiger partial charge on any atom is -0.352 e. The standard InChI is InChI=1S/C18H17NOS2/c1-13-5-2-3-6-15(13)18(20)19-11-10-14-8-9-17(22-14)16-7-4-12-21-16/h2-9,12H,10-11H2,1H3,(H,19,20). The Morgan fingerprint density at radius 3 is 2.68 bits per heavy atom. The zero-order valence-electron chi connectivity index (χ0n) is 12.3. The number of hydrogen-bond acceptors (Lipinski definition) is 3. The van der Waals surface area contributed by atoms with Crippen LogP contribution in [0, 0.1) is 6.92 Å². The monoisotopic (exact) mass is 327 g/mol. The third-order valence-electron chi connectivity index (χ3n) is 3.47. The number of hydrogen-bond donors (Lipinski definition) is 1. The van der Waals surface area contributed by atoms with E-state index >= 15 is 0 Å². The molecule has 0 bridgehead atoms. The van der Waals surface area contributed by atoms with E-state index in [4.69, 9.17) is 0 Å². The lowest BCUT2D eigenvalue weighted by Crippen LogP contribution is -2.26. The van der Waals surface area contributed by atoms with Crippen molar-refractivity contribution < 1.29 is 4.79 Å². The third-order valence-corrected chi connectivity index (χ3v) is 5.68. The molecule has 112 valence electrons. The topological polar surface area (TPSA) is 29.1 Å². The maximum Gasteiger partial charge on any atom is 0.251 e. The van der Waals surface area contributed by atoms with E-state index < -0.39 is 0 Å². The Morgan fingerprint density at radius 2 is 1.91 bits per heavy atom. The van der Waals surface area contributed by atoms with E-state index in [1.54, 1.807) is 22.7 Å². The van der Waals surface area contributed by atoms with Crippen molar-refractivity contribution in [3.8, 4) is 9.75 Å². The first-order valence-corrected chi connectivity index (χ1v) is 8.90. The summed E-state index contributed by atoms with van der Waals surface area (Å²) in [4.78, 5) is 16.0. The van der Waals surface area contributed by atoms with E-state index in [-0.39, 0.29) is 5.91 Å². The van der Waals surface area contributed by atoms with Gasteiger partial charge in [-0.2, -0.15) is 0 Å². The largest absolute Gasteiger partial charge is 0.352 e. The summed E-state index contributed by atoms with van der Waals surface area (Å²) in [6.45, 7) is 2.62. The summed E-state index contributed by atoms with van der Waals surface area (Å²) in [5, 5.41) is 5.10. The Labute approximate surface area is 138 Å². The SMILES string of the molecule is Cc1ccccc1C(=O)NCCc1ccc(-c2cccs2)s1. The van der Waals surface area contributed by atoms with Gasteiger partial charge in [-0.25, -0.2) is 0 Å². The Morgan fingerprint density at radius 1 is 1.05 bits per heavy atom. The van der Waals surface area contributed by atoms with Crippen molar-refractivity contribution in [1.82, 2.24) is 5.32 Å². The summed E-state index contributed by atoms with van der Waals surface area (Å²) in [6, 6.07) is 16.2. The molecule has 0 spiro atoms. The van der Waals surface area contributed by atoms with Crippen molar-refractivity contribution in [3.63, 3.8) is 0 Å². The van der Waals surface area contributed by atoms with Gasteiger partial charge in [0.25, 0.3) is 5.91 Å². The molecule has 0 saturated heterocycles. The van der Waals surface area contributed by atoms with Crippen LogP contribution in [0.15, 0.2) is 53.9 Å². The Bertz CT molecular complexity index is 759. The lowest BCUT2D eigenvalue weighted by molar-refractivity contribution is 0.0953. The second-order valence-electron chi connectivity index (χ2n) is 5.06. The first kappa shape index (κ1) is 15.0. The van der Waals surface area contributed by atoms with Gasteiger partial charge in [-0.1, -0.05) is 24.3 Å². The molecule has 0 atom stereocenters. The zero-order valence-corrected chi connectivity index (χ0v) is 14.0. The molecule has 1 amide bonds. The number of aryl methyl sites for hydroxylation is 1. The molecule has 0 aliphatic carbocycles. The second kappa shape index (κ2) is 6.90. The van der Waals surface area contributed by atoms with Gasteiger partial charge in [-0.15, -0.1) is 22.7 Å². The average Bonchev–Trinajstić information content (AvgIpc) is 3.18. The molecular weight excluding hydrogens is 310 g/mol. The van der Waals surface area contributed by atoms with Crippen molar-refractivity contribution in [2.45, 2.75) is 13.3 Å². The van der Waals surface area contributed by atoms with Gasteiger partial charge in [-0.3, -0.25) is 4.79 Å². The first-order valence-electron chi connectivity index (χ1n) is 7.20. The van der Waals surface area contributed by atoms with E-state index in [0.29, 0.717) is 6.54 Å². The predicted octanol–water partition coefficient (Wildman–Crippen LogP) is 4.76. The van der Waals surface area contributed by atoms with Crippen LogP contribution in [0.25, 0.3) is 9.75 Å². The molecule has 0 radical (unpaired) electrons. The quantitative estimate of drug-likeness (QED) is 0.719.